The van der Waals surface area contributed by atoms with Crippen LogP contribution in [0.4, 0.5) is 0 Å². The van der Waals surface area contributed by atoms with Crippen LogP contribution in [-0.2, 0) is 19.1 Å². The quantitative estimate of drug-likeness (QED) is 0.483. The molecule has 3 N–H and O–H groups in total. The minimum absolute atomic E-state index is 0.0554. The molecule has 1 aromatic carbocycles. The summed E-state index contributed by atoms with van der Waals surface area (Å²) in [7, 11) is 1.32. The lowest BCUT2D eigenvalue weighted by Gasteiger charge is -2.32. The van der Waals surface area contributed by atoms with Crippen LogP contribution >= 0.6 is 11.6 Å². The van der Waals surface area contributed by atoms with Crippen molar-refractivity contribution in [3.05, 3.63) is 57.4 Å². The Morgan fingerprint density at radius 1 is 1.25 bits per heavy atom. The molecular formula is C21H27ClN2O4. The summed E-state index contributed by atoms with van der Waals surface area (Å²) in [6, 6.07) is 7.21. The van der Waals surface area contributed by atoms with E-state index in [4.69, 9.17) is 26.8 Å². The van der Waals surface area contributed by atoms with E-state index < -0.39 is 11.9 Å². The largest absolute Gasteiger partial charge is 0.466 e. The first kappa shape index (κ1) is 22.1. The number of halogens is 1. The van der Waals surface area contributed by atoms with E-state index in [1.54, 1.807) is 13.0 Å². The number of nitrogens with one attached hydrogen (secondary N) is 1. The predicted octanol–water partition coefficient (Wildman–Crippen LogP) is 3.07. The van der Waals surface area contributed by atoms with Gasteiger partial charge in [-0.1, -0.05) is 36.7 Å². The summed E-state index contributed by atoms with van der Waals surface area (Å²) >= 11 is 6.46. The van der Waals surface area contributed by atoms with Gasteiger partial charge in [-0.2, -0.15) is 0 Å². The lowest BCUT2D eigenvalue weighted by atomic mass is 9.78. The van der Waals surface area contributed by atoms with E-state index in [1.165, 1.54) is 7.11 Å². The van der Waals surface area contributed by atoms with E-state index in [-0.39, 0.29) is 12.4 Å². The highest BCUT2D eigenvalue weighted by Gasteiger charge is 2.38. The Kier molecular flexibility index (Phi) is 8.23. The predicted molar refractivity (Wildman–Crippen MR) is 109 cm³/mol. The minimum Gasteiger partial charge on any atom is -0.466 e. The van der Waals surface area contributed by atoms with Gasteiger partial charge in [-0.25, -0.2) is 4.79 Å². The van der Waals surface area contributed by atoms with E-state index >= 15 is 0 Å². The monoisotopic (exact) mass is 406 g/mol. The van der Waals surface area contributed by atoms with Gasteiger partial charge >= 0.3 is 5.97 Å². The van der Waals surface area contributed by atoms with Crippen molar-refractivity contribution in [1.82, 2.24) is 5.32 Å². The Labute approximate surface area is 170 Å². The van der Waals surface area contributed by atoms with Gasteiger partial charge in [-0.15, -0.1) is 0 Å². The van der Waals surface area contributed by atoms with Crippen LogP contribution in [0.25, 0.3) is 0 Å². The molecule has 2 rings (SSSR count). The van der Waals surface area contributed by atoms with Gasteiger partial charge in [-0.05, 0) is 25.0 Å². The summed E-state index contributed by atoms with van der Waals surface area (Å²) in [5.74, 6) is -1.18. The second-order valence-electron chi connectivity index (χ2n) is 6.52. The van der Waals surface area contributed by atoms with Crippen LogP contribution < -0.4 is 11.1 Å². The highest BCUT2D eigenvalue weighted by molar-refractivity contribution is 6.31. The van der Waals surface area contributed by atoms with E-state index in [1.807, 2.05) is 25.1 Å². The summed E-state index contributed by atoms with van der Waals surface area (Å²) < 4.78 is 10.6. The number of hydrogen-bond donors (Lipinski definition) is 2. The molecule has 0 amide bonds. The minimum atomic E-state index is -0.627. The number of Topliss-reactive ketones (excluding diaryl/α,β-unsaturated/α-hetero) is 1. The van der Waals surface area contributed by atoms with Gasteiger partial charge < -0.3 is 20.5 Å². The van der Waals surface area contributed by atoms with Crippen molar-refractivity contribution in [2.75, 3.05) is 26.9 Å². The summed E-state index contributed by atoms with van der Waals surface area (Å²) in [4.78, 5) is 25.7. The Bertz CT molecular complexity index is 801. The molecule has 0 spiro atoms. The Hall–Kier alpha value is -2.15. The second kappa shape index (κ2) is 10.4. The number of esters is 1. The van der Waals surface area contributed by atoms with Crippen LogP contribution in [0.2, 0.25) is 5.02 Å². The molecule has 0 fully saturated rings. The number of ketones is 1. The number of carbonyl (C=O) groups excluding carboxylic acids is 2. The third-order valence-corrected chi connectivity index (χ3v) is 4.90. The second-order valence-corrected chi connectivity index (χ2v) is 6.92. The third-order valence-electron chi connectivity index (χ3n) is 4.55. The van der Waals surface area contributed by atoms with Gasteiger partial charge in [0.05, 0.1) is 25.9 Å². The maximum atomic E-state index is 13.1. The van der Waals surface area contributed by atoms with E-state index in [2.05, 4.69) is 5.32 Å². The Morgan fingerprint density at radius 2 is 1.96 bits per heavy atom. The van der Waals surface area contributed by atoms with Crippen LogP contribution in [-0.4, -0.2) is 38.6 Å². The van der Waals surface area contributed by atoms with E-state index in [0.29, 0.717) is 59.1 Å². The number of allylic oxidation sites excluding steroid dienone is 2. The van der Waals surface area contributed by atoms with E-state index in [0.717, 1.165) is 0 Å². The molecule has 0 bridgehead atoms. The molecule has 7 heteroatoms. The van der Waals surface area contributed by atoms with Crippen molar-refractivity contribution in [3.8, 4) is 0 Å². The van der Waals surface area contributed by atoms with Gasteiger partial charge in [0.15, 0.2) is 5.78 Å². The molecule has 0 saturated heterocycles. The molecule has 1 heterocycles. The number of carbonyl (C=O) groups is 2. The van der Waals surface area contributed by atoms with Crippen molar-refractivity contribution >= 4 is 23.4 Å². The number of hydrogen-bond acceptors (Lipinski definition) is 6. The molecule has 0 radical (unpaired) electrons. The summed E-state index contributed by atoms with van der Waals surface area (Å²) in [5, 5.41) is 3.66. The molecule has 1 atom stereocenters. The van der Waals surface area contributed by atoms with Gasteiger partial charge in [0.25, 0.3) is 0 Å². The maximum Gasteiger partial charge on any atom is 0.336 e. The molecule has 6 nitrogen and oxygen atoms in total. The fourth-order valence-electron chi connectivity index (χ4n) is 3.36. The molecule has 0 aromatic heterocycles. The first-order chi connectivity index (χ1) is 13.5. The molecule has 1 aliphatic rings. The summed E-state index contributed by atoms with van der Waals surface area (Å²) in [5.41, 5.74) is 8.29. The zero-order chi connectivity index (χ0) is 20.7. The first-order valence-corrected chi connectivity index (χ1v) is 9.68. The highest BCUT2D eigenvalue weighted by Crippen LogP contribution is 2.42. The molecule has 1 unspecified atom stereocenters. The van der Waals surface area contributed by atoms with Crippen LogP contribution in [0.5, 0.6) is 0 Å². The topological polar surface area (TPSA) is 90.6 Å². The zero-order valence-electron chi connectivity index (χ0n) is 16.5. The van der Waals surface area contributed by atoms with Crippen LogP contribution in [0.3, 0.4) is 0 Å². The van der Waals surface area contributed by atoms with Crippen LogP contribution in [0.15, 0.2) is 46.8 Å². The SMILES string of the molecule is CCCC(=O)C1=C(COCCN)NC(C)=C(C(=O)OC)C1c1ccccc1Cl. The Balaban J connectivity index is 2.67. The van der Waals surface area contributed by atoms with Crippen molar-refractivity contribution in [2.45, 2.75) is 32.6 Å². The molecule has 1 aromatic rings. The number of nitrogens with two attached hydrogens (primary N) is 1. The fourth-order valence-corrected chi connectivity index (χ4v) is 3.60. The number of rotatable bonds is 9. The first-order valence-electron chi connectivity index (χ1n) is 9.30. The Morgan fingerprint density at radius 3 is 2.57 bits per heavy atom. The third kappa shape index (κ3) is 4.82. The highest BCUT2D eigenvalue weighted by atomic mass is 35.5. The number of methoxy groups -OCH3 is 1. The fraction of sp³-hybridized carbons (Fsp3) is 0.429. The number of dihydropyridines is 1. The van der Waals surface area contributed by atoms with Crippen molar-refractivity contribution in [3.63, 3.8) is 0 Å². The molecule has 0 aliphatic carbocycles. The average molecular weight is 407 g/mol. The lowest BCUT2D eigenvalue weighted by molar-refractivity contribution is -0.136. The molecule has 28 heavy (non-hydrogen) atoms. The molecule has 152 valence electrons. The maximum absolute atomic E-state index is 13.1. The number of benzene rings is 1. The van der Waals surface area contributed by atoms with Gasteiger partial charge in [-0.3, -0.25) is 4.79 Å². The van der Waals surface area contributed by atoms with E-state index in [9.17, 15) is 9.59 Å². The smallest absolute Gasteiger partial charge is 0.336 e. The summed E-state index contributed by atoms with van der Waals surface area (Å²) in [6.45, 7) is 4.65. The number of ether oxygens (including phenoxy) is 2. The van der Waals surface area contributed by atoms with Crippen molar-refractivity contribution in [1.29, 1.82) is 0 Å². The molecular weight excluding hydrogens is 380 g/mol. The average Bonchev–Trinajstić information content (AvgIpc) is 2.67. The van der Waals surface area contributed by atoms with Gasteiger partial charge in [0.2, 0.25) is 0 Å². The standard InChI is InChI=1S/C21H27ClN2O4/c1-4-7-17(25)20-16(12-28-11-10-23)24-13(2)18(21(26)27-3)19(20)14-8-5-6-9-15(14)22/h5-6,8-9,19,24H,4,7,10-12,23H2,1-3H3. The van der Waals surface area contributed by atoms with Crippen molar-refractivity contribution in [2.24, 2.45) is 5.73 Å². The lowest BCUT2D eigenvalue weighted by Crippen LogP contribution is -2.34. The van der Waals surface area contributed by atoms with Gasteiger partial charge in [0, 0.05) is 40.9 Å². The normalized spacial score (nSPS) is 16.8. The van der Waals surface area contributed by atoms with Gasteiger partial charge in [0.1, 0.15) is 0 Å². The molecule has 1 aliphatic heterocycles. The summed E-state index contributed by atoms with van der Waals surface area (Å²) in [6.07, 6.45) is 1.04. The molecule has 0 saturated carbocycles. The van der Waals surface area contributed by atoms with Crippen molar-refractivity contribution < 1.29 is 19.1 Å². The van der Waals surface area contributed by atoms with Crippen LogP contribution in [0, 0.1) is 0 Å². The zero-order valence-corrected chi connectivity index (χ0v) is 17.3. The van der Waals surface area contributed by atoms with Crippen LogP contribution in [0.1, 0.15) is 38.2 Å².